The molecule has 1 fully saturated rings. The molecular formula is C9H8Cl2N3. The Morgan fingerprint density at radius 1 is 1.29 bits per heavy atom. The van der Waals surface area contributed by atoms with Gasteiger partial charge in [-0.2, -0.15) is 0 Å². The number of guanidine groups is 1. The van der Waals surface area contributed by atoms with Gasteiger partial charge in [-0.15, -0.1) is 0 Å². The molecule has 1 saturated heterocycles. The van der Waals surface area contributed by atoms with Crippen LogP contribution in [-0.4, -0.2) is 19.0 Å². The van der Waals surface area contributed by atoms with Gasteiger partial charge >= 0.3 is 0 Å². The number of para-hydroxylation sites is 1. The molecule has 5 heteroatoms. The molecule has 0 bridgehead atoms. The summed E-state index contributed by atoms with van der Waals surface area (Å²) in [5.74, 6) is 0.597. The molecule has 73 valence electrons. The fourth-order valence-electron chi connectivity index (χ4n) is 1.16. The van der Waals surface area contributed by atoms with Crippen LogP contribution in [0.15, 0.2) is 23.2 Å². The quantitative estimate of drug-likeness (QED) is 0.787. The second-order valence-corrected chi connectivity index (χ2v) is 3.63. The molecule has 2 rings (SSSR count). The van der Waals surface area contributed by atoms with Gasteiger partial charge in [0.2, 0.25) is 5.96 Å². The average Bonchev–Trinajstić information content (AvgIpc) is 2.64. The lowest BCUT2D eigenvalue weighted by Gasteiger charge is -2.01. The van der Waals surface area contributed by atoms with Gasteiger partial charge in [0.1, 0.15) is 5.69 Å². The lowest BCUT2D eigenvalue weighted by Crippen LogP contribution is -2.18. The van der Waals surface area contributed by atoms with Crippen molar-refractivity contribution in [2.45, 2.75) is 0 Å². The zero-order chi connectivity index (χ0) is 9.97. The summed E-state index contributed by atoms with van der Waals surface area (Å²) in [5, 5.41) is 8.23. The predicted molar refractivity (Wildman–Crippen MR) is 58.6 cm³/mol. The molecule has 0 amide bonds. The monoisotopic (exact) mass is 228 g/mol. The number of hydrogen-bond acceptors (Lipinski definition) is 1. The van der Waals surface area contributed by atoms with Crippen LogP contribution in [-0.2, 0) is 0 Å². The van der Waals surface area contributed by atoms with Crippen LogP contribution in [0.4, 0.5) is 5.69 Å². The molecule has 0 atom stereocenters. The normalized spacial score (nSPS) is 18.0. The van der Waals surface area contributed by atoms with E-state index in [1.807, 2.05) is 0 Å². The summed E-state index contributed by atoms with van der Waals surface area (Å²) >= 11 is 11.9. The van der Waals surface area contributed by atoms with Gasteiger partial charge in [0.15, 0.2) is 0 Å². The molecule has 1 aromatic carbocycles. The van der Waals surface area contributed by atoms with E-state index >= 15 is 0 Å². The van der Waals surface area contributed by atoms with Crippen LogP contribution in [0.3, 0.4) is 0 Å². The van der Waals surface area contributed by atoms with Gasteiger partial charge < -0.3 is 5.32 Å². The van der Waals surface area contributed by atoms with Crippen LogP contribution in [0.2, 0.25) is 10.0 Å². The largest absolute Gasteiger partial charge is 0.353 e. The second kappa shape index (κ2) is 4.07. The smallest absolute Gasteiger partial charge is 0.218 e. The Balaban J connectivity index is 2.36. The first-order valence-corrected chi connectivity index (χ1v) is 4.97. The molecule has 1 aliphatic heterocycles. The molecule has 0 aromatic heterocycles. The van der Waals surface area contributed by atoms with Crippen molar-refractivity contribution in [2.75, 3.05) is 13.1 Å². The number of rotatable bonds is 1. The summed E-state index contributed by atoms with van der Waals surface area (Å²) in [6.07, 6.45) is 0. The van der Waals surface area contributed by atoms with E-state index in [-0.39, 0.29) is 0 Å². The van der Waals surface area contributed by atoms with Gasteiger partial charge in [0.05, 0.1) is 16.6 Å². The Labute approximate surface area is 92.1 Å². The number of aliphatic imine (C=N–C) groups is 1. The third-order valence-corrected chi connectivity index (χ3v) is 2.42. The van der Waals surface area contributed by atoms with Crippen LogP contribution in [0.25, 0.3) is 0 Å². The summed E-state index contributed by atoms with van der Waals surface area (Å²) < 4.78 is 0. The van der Waals surface area contributed by atoms with Crippen LogP contribution >= 0.6 is 23.2 Å². The van der Waals surface area contributed by atoms with Crippen molar-refractivity contribution in [3.63, 3.8) is 0 Å². The fourth-order valence-corrected chi connectivity index (χ4v) is 1.64. The Kier molecular flexibility index (Phi) is 2.79. The lowest BCUT2D eigenvalue weighted by molar-refractivity contribution is 0.933. The van der Waals surface area contributed by atoms with Crippen molar-refractivity contribution >= 4 is 34.8 Å². The fraction of sp³-hybridized carbons (Fsp3) is 0.222. The van der Waals surface area contributed by atoms with Gasteiger partial charge in [-0.05, 0) is 12.1 Å². The standard InChI is InChI=1S/C9H8Cl2N3/c10-6-2-1-3-7(11)8(6)14-9-12-4-5-13-9/h1-3H,4-5H2,(H,12,14). The maximum atomic E-state index is 5.95. The average molecular weight is 229 g/mol. The van der Waals surface area contributed by atoms with Crippen LogP contribution < -0.4 is 10.6 Å². The SMILES string of the molecule is Clc1cccc(Cl)c1/N=C1/[N]CCN1. The summed E-state index contributed by atoms with van der Waals surface area (Å²) in [7, 11) is 0. The minimum Gasteiger partial charge on any atom is -0.353 e. The predicted octanol–water partition coefficient (Wildman–Crippen LogP) is 2.19. The summed E-state index contributed by atoms with van der Waals surface area (Å²) in [6, 6.07) is 5.29. The number of hydrogen-bond donors (Lipinski definition) is 1. The molecule has 1 aliphatic rings. The first-order chi connectivity index (χ1) is 6.77. The third kappa shape index (κ3) is 1.94. The van der Waals surface area contributed by atoms with Gasteiger partial charge in [-0.3, -0.25) is 0 Å². The highest BCUT2D eigenvalue weighted by Gasteiger charge is 2.10. The van der Waals surface area contributed by atoms with Crippen LogP contribution in [0, 0.1) is 0 Å². The molecule has 1 aromatic rings. The molecule has 0 spiro atoms. The highest BCUT2D eigenvalue weighted by Crippen LogP contribution is 2.32. The van der Waals surface area contributed by atoms with Crippen molar-refractivity contribution < 1.29 is 0 Å². The minimum atomic E-state index is 0.536. The number of nitrogens with zero attached hydrogens (tertiary/aromatic N) is 2. The van der Waals surface area contributed by atoms with E-state index < -0.39 is 0 Å². The van der Waals surface area contributed by atoms with Gasteiger partial charge in [0, 0.05) is 6.54 Å². The van der Waals surface area contributed by atoms with Crippen molar-refractivity contribution in [3.8, 4) is 0 Å². The Bertz CT molecular complexity index is 348. The van der Waals surface area contributed by atoms with Gasteiger partial charge in [-0.1, -0.05) is 29.3 Å². The van der Waals surface area contributed by atoms with E-state index in [1.165, 1.54) is 0 Å². The van der Waals surface area contributed by atoms with E-state index in [2.05, 4.69) is 15.6 Å². The Morgan fingerprint density at radius 2 is 2.00 bits per heavy atom. The van der Waals surface area contributed by atoms with Crippen molar-refractivity contribution in [2.24, 2.45) is 4.99 Å². The first-order valence-electron chi connectivity index (χ1n) is 4.21. The summed E-state index contributed by atoms with van der Waals surface area (Å²) in [5.41, 5.74) is 0.573. The molecule has 0 aliphatic carbocycles. The first kappa shape index (κ1) is 9.62. The molecule has 0 saturated carbocycles. The minimum absolute atomic E-state index is 0.536. The van der Waals surface area contributed by atoms with Gasteiger partial charge in [0.25, 0.3) is 0 Å². The van der Waals surface area contributed by atoms with Crippen molar-refractivity contribution in [1.82, 2.24) is 10.6 Å². The Hall–Kier alpha value is -0.930. The van der Waals surface area contributed by atoms with E-state index in [0.29, 0.717) is 21.7 Å². The van der Waals surface area contributed by atoms with Gasteiger partial charge in [-0.25, -0.2) is 10.3 Å². The number of halogens is 2. The van der Waals surface area contributed by atoms with Crippen molar-refractivity contribution in [1.29, 1.82) is 0 Å². The number of benzene rings is 1. The zero-order valence-electron chi connectivity index (χ0n) is 7.30. The second-order valence-electron chi connectivity index (χ2n) is 2.81. The molecule has 1 N–H and O–H groups in total. The topological polar surface area (TPSA) is 38.5 Å². The summed E-state index contributed by atoms with van der Waals surface area (Å²) in [4.78, 5) is 4.23. The number of nitrogens with one attached hydrogen (secondary N) is 1. The van der Waals surface area contributed by atoms with E-state index in [1.54, 1.807) is 18.2 Å². The maximum absolute atomic E-state index is 5.95. The molecular weight excluding hydrogens is 221 g/mol. The van der Waals surface area contributed by atoms with Crippen LogP contribution in [0.5, 0.6) is 0 Å². The Morgan fingerprint density at radius 3 is 2.57 bits per heavy atom. The summed E-state index contributed by atoms with van der Waals surface area (Å²) in [6.45, 7) is 1.57. The molecule has 1 radical (unpaired) electrons. The lowest BCUT2D eigenvalue weighted by atomic mass is 10.3. The molecule has 1 heterocycles. The van der Waals surface area contributed by atoms with Crippen molar-refractivity contribution in [3.05, 3.63) is 28.2 Å². The van der Waals surface area contributed by atoms with E-state index in [4.69, 9.17) is 23.2 Å². The highest BCUT2D eigenvalue weighted by atomic mass is 35.5. The third-order valence-electron chi connectivity index (χ3n) is 1.81. The van der Waals surface area contributed by atoms with Crippen LogP contribution in [0.1, 0.15) is 0 Å². The molecule has 3 nitrogen and oxygen atoms in total. The maximum Gasteiger partial charge on any atom is 0.218 e. The van der Waals surface area contributed by atoms with E-state index in [0.717, 1.165) is 13.1 Å². The zero-order valence-corrected chi connectivity index (χ0v) is 8.81. The van der Waals surface area contributed by atoms with E-state index in [9.17, 15) is 0 Å². The molecule has 0 unspecified atom stereocenters. The molecule has 14 heavy (non-hydrogen) atoms. The highest BCUT2D eigenvalue weighted by molar-refractivity contribution is 6.38.